The molecule has 0 fully saturated rings. The lowest BCUT2D eigenvalue weighted by Crippen LogP contribution is -2.19. The molecule has 0 aromatic heterocycles. The minimum atomic E-state index is 0.566. The molecule has 2 aromatic carbocycles. The Labute approximate surface area is 122 Å². The van der Waals surface area contributed by atoms with Gasteiger partial charge in [-0.25, -0.2) is 0 Å². The first kappa shape index (κ1) is 13.4. The predicted molar refractivity (Wildman–Crippen MR) is 85.4 cm³/mol. The standard InChI is InChI=1S/C19H23N/c1-14-8-10-15(11-9-14)19-12-16(13-20(2)3)17-6-4-5-7-18(17)19/h4-11,16,19H,12-13H2,1-3H3/t16-,19-/m0/s1. The summed E-state index contributed by atoms with van der Waals surface area (Å²) in [7, 11) is 4.34. The molecule has 1 aliphatic carbocycles. The lowest BCUT2D eigenvalue weighted by molar-refractivity contribution is 0.368. The van der Waals surface area contributed by atoms with E-state index < -0.39 is 0 Å². The fourth-order valence-electron chi connectivity index (χ4n) is 3.47. The highest BCUT2D eigenvalue weighted by molar-refractivity contribution is 5.45. The van der Waals surface area contributed by atoms with Crippen LogP contribution < -0.4 is 0 Å². The average molecular weight is 265 g/mol. The zero-order chi connectivity index (χ0) is 14.1. The van der Waals surface area contributed by atoms with Gasteiger partial charge in [-0.2, -0.15) is 0 Å². The summed E-state index contributed by atoms with van der Waals surface area (Å²) in [6.45, 7) is 3.29. The van der Waals surface area contributed by atoms with E-state index in [9.17, 15) is 0 Å². The van der Waals surface area contributed by atoms with Crippen molar-refractivity contribution in [2.75, 3.05) is 20.6 Å². The smallest absolute Gasteiger partial charge is 0.00984 e. The van der Waals surface area contributed by atoms with Gasteiger partial charge >= 0.3 is 0 Å². The maximum atomic E-state index is 2.32. The van der Waals surface area contributed by atoms with Gasteiger partial charge in [0.15, 0.2) is 0 Å². The van der Waals surface area contributed by atoms with Gasteiger partial charge in [0.25, 0.3) is 0 Å². The van der Waals surface area contributed by atoms with Gasteiger partial charge in [0.2, 0.25) is 0 Å². The number of likely N-dealkylation sites (N-methyl/N-ethyl adjacent to an activating group) is 1. The normalized spacial score (nSPS) is 21.2. The van der Waals surface area contributed by atoms with E-state index in [0.717, 1.165) is 6.54 Å². The van der Waals surface area contributed by atoms with Crippen LogP contribution in [-0.2, 0) is 0 Å². The first-order valence-electron chi connectivity index (χ1n) is 7.45. The highest BCUT2D eigenvalue weighted by Gasteiger charge is 2.31. The Morgan fingerprint density at radius 2 is 1.60 bits per heavy atom. The second kappa shape index (κ2) is 5.41. The number of rotatable bonds is 3. The molecule has 2 aromatic rings. The third-order valence-electron chi connectivity index (χ3n) is 4.40. The van der Waals surface area contributed by atoms with E-state index in [0.29, 0.717) is 11.8 Å². The Kier molecular flexibility index (Phi) is 3.62. The van der Waals surface area contributed by atoms with E-state index in [2.05, 4.69) is 74.4 Å². The van der Waals surface area contributed by atoms with Crippen LogP contribution in [0.25, 0.3) is 0 Å². The molecule has 0 radical (unpaired) electrons. The number of benzene rings is 2. The van der Waals surface area contributed by atoms with Crippen molar-refractivity contribution in [2.24, 2.45) is 0 Å². The number of nitrogens with zero attached hydrogens (tertiary/aromatic N) is 1. The second-order valence-electron chi connectivity index (χ2n) is 6.29. The van der Waals surface area contributed by atoms with Crippen LogP contribution in [0.1, 0.15) is 40.5 Å². The van der Waals surface area contributed by atoms with Crippen LogP contribution in [-0.4, -0.2) is 25.5 Å². The maximum Gasteiger partial charge on any atom is 0.00984 e. The maximum absolute atomic E-state index is 2.32. The molecule has 0 unspecified atom stereocenters. The Balaban J connectivity index is 1.96. The number of aryl methyl sites for hydroxylation is 1. The third kappa shape index (κ3) is 2.51. The summed E-state index contributed by atoms with van der Waals surface area (Å²) < 4.78 is 0. The summed E-state index contributed by atoms with van der Waals surface area (Å²) in [5.41, 5.74) is 5.88. The van der Waals surface area contributed by atoms with Crippen LogP contribution in [0.4, 0.5) is 0 Å². The minimum Gasteiger partial charge on any atom is -0.309 e. The molecule has 0 bridgehead atoms. The monoisotopic (exact) mass is 265 g/mol. The van der Waals surface area contributed by atoms with Gasteiger partial charge in [-0.1, -0.05) is 54.1 Å². The van der Waals surface area contributed by atoms with E-state index in [1.165, 1.54) is 23.1 Å². The zero-order valence-electron chi connectivity index (χ0n) is 12.6. The first-order valence-corrected chi connectivity index (χ1v) is 7.45. The largest absolute Gasteiger partial charge is 0.309 e. The average Bonchev–Trinajstić information content (AvgIpc) is 2.78. The topological polar surface area (TPSA) is 3.24 Å². The fourth-order valence-corrected chi connectivity index (χ4v) is 3.47. The van der Waals surface area contributed by atoms with E-state index >= 15 is 0 Å². The van der Waals surface area contributed by atoms with Crippen molar-refractivity contribution in [3.63, 3.8) is 0 Å². The summed E-state index contributed by atoms with van der Waals surface area (Å²) in [5.74, 6) is 1.23. The highest BCUT2D eigenvalue weighted by atomic mass is 15.1. The van der Waals surface area contributed by atoms with Crippen LogP contribution in [0.3, 0.4) is 0 Å². The second-order valence-corrected chi connectivity index (χ2v) is 6.29. The fraction of sp³-hybridized carbons (Fsp3) is 0.368. The molecule has 0 spiro atoms. The molecule has 2 atom stereocenters. The van der Waals surface area contributed by atoms with E-state index in [4.69, 9.17) is 0 Å². The van der Waals surface area contributed by atoms with Gasteiger partial charge in [-0.3, -0.25) is 0 Å². The highest BCUT2D eigenvalue weighted by Crippen LogP contribution is 2.45. The SMILES string of the molecule is Cc1ccc([C@@H]2C[C@@H](CN(C)C)c3ccccc32)cc1. The molecule has 0 saturated heterocycles. The molecule has 20 heavy (non-hydrogen) atoms. The van der Waals surface area contributed by atoms with Gasteiger partial charge in [-0.05, 0) is 50.0 Å². The van der Waals surface area contributed by atoms with Crippen LogP contribution in [0, 0.1) is 6.92 Å². The van der Waals surface area contributed by atoms with Gasteiger partial charge in [0, 0.05) is 12.5 Å². The van der Waals surface area contributed by atoms with Crippen molar-refractivity contribution in [2.45, 2.75) is 25.2 Å². The molecule has 1 aliphatic rings. The molecular weight excluding hydrogens is 242 g/mol. The van der Waals surface area contributed by atoms with Gasteiger partial charge in [-0.15, -0.1) is 0 Å². The Bertz CT molecular complexity index is 583. The van der Waals surface area contributed by atoms with E-state index in [-0.39, 0.29) is 0 Å². The Morgan fingerprint density at radius 1 is 0.950 bits per heavy atom. The van der Waals surface area contributed by atoms with Crippen molar-refractivity contribution in [3.8, 4) is 0 Å². The van der Waals surface area contributed by atoms with Gasteiger partial charge in [0.1, 0.15) is 0 Å². The molecule has 0 saturated carbocycles. The molecule has 1 nitrogen and oxygen atoms in total. The molecule has 0 heterocycles. The number of hydrogen-bond donors (Lipinski definition) is 0. The summed E-state index contributed by atoms with van der Waals surface area (Å²) in [5, 5.41) is 0. The van der Waals surface area contributed by atoms with Gasteiger partial charge in [0.05, 0.1) is 0 Å². The number of hydrogen-bond acceptors (Lipinski definition) is 1. The zero-order valence-corrected chi connectivity index (χ0v) is 12.6. The molecule has 3 rings (SSSR count). The quantitative estimate of drug-likeness (QED) is 0.805. The van der Waals surface area contributed by atoms with Crippen LogP contribution in [0.2, 0.25) is 0 Å². The van der Waals surface area contributed by atoms with Gasteiger partial charge < -0.3 is 4.90 Å². The van der Waals surface area contributed by atoms with Crippen molar-refractivity contribution in [1.82, 2.24) is 4.90 Å². The molecular formula is C19H23N. The van der Waals surface area contributed by atoms with Crippen LogP contribution in [0.15, 0.2) is 48.5 Å². The van der Waals surface area contributed by atoms with E-state index in [1.807, 2.05) is 0 Å². The molecule has 1 heteroatoms. The van der Waals surface area contributed by atoms with Crippen molar-refractivity contribution in [1.29, 1.82) is 0 Å². The summed E-state index contributed by atoms with van der Waals surface area (Å²) in [4.78, 5) is 2.30. The Hall–Kier alpha value is -1.60. The lowest BCUT2D eigenvalue weighted by Gasteiger charge is -2.17. The molecule has 0 amide bonds. The molecule has 0 N–H and O–H groups in total. The lowest BCUT2D eigenvalue weighted by atomic mass is 9.92. The van der Waals surface area contributed by atoms with Crippen molar-refractivity contribution < 1.29 is 0 Å². The van der Waals surface area contributed by atoms with E-state index in [1.54, 1.807) is 5.56 Å². The Morgan fingerprint density at radius 3 is 2.25 bits per heavy atom. The summed E-state index contributed by atoms with van der Waals surface area (Å²) in [6, 6.07) is 18.1. The van der Waals surface area contributed by atoms with Crippen LogP contribution >= 0.6 is 0 Å². The van der Waals surface area contributed by atoms with Crippen LogP contribution in [0.5, 0.6) is 0 Å². The minimum absolute atomic E-state index is 0.566. The molecule has 0 aliphatic heterocycles. The van der Waals surface area contributed by atoms with Crippen molar-refractivity contribution in [3.05, 3.63) is 70.8 Å². The molecule has 104 valence electrons. The number of fused-ring (bicyclic) bond motifs is 1. The third-order valence-corrected chi connectivity index (χ3v) is 4.40. The first-order chi connectivity index (χ1) is 9.65. The summed E-state index contributed by atoms with van der Waals surface area (Å²) in [6.07, 6.45) is 1.24. The summed E-state index contributed by atoms with van der Waals surface area (Å²) >= 11 is 0. The predicted octanol–water partition coefficient (Wildman–Crippen LogP) is 4.18. The van der Waals surface area contributed by atoms with Crippen molar-refractivity contribution >= 4 is 0 Å².